The first-order valence-electron chi connectivity index (χ1n) is 10.4. The van der Waals surface area contributed by atoms with Crippen LogP contribution in [0.1, 0.15) is 60.0 Å². The zero-order valence-corrected chi connectivity index (χ0v) is 19.0. The van der Waals surface area contributed by atoms with Gasteiger partial charge < -0.3 is 10.2 Å². The summed E-state index contributed by atoms with van der Waals surface area (Å²) < 4.78 is 0. The zero-order chi connectivity index (χ0) is 23.0. The SMILES string of the molecule is CC(C)(C)c1cnc(NC(=O)NCc2ccc3c(c2)C(=O)N(C2CCC(=O)NC2=O)C3)s1. The van der Waals surface area contributed by atoms with E-state index in [9.17, 15) is 19.2 Å². The summed E-state index contributed by atoms with van der Waals surface area (Å²) in [7, 11) is 0. The number of hydrogen-bond donors (Lipinski definition) is 3. The highest BCUT2D eigenvalue weighted by atomic mass is 32.1. The van der Waals surface area contributed by atoms with Gasteiger partial charge in [-0.1, -0.05) is 32.9 Å². The molecule has 32 heavy (non-hydrogen) atoms. The van der Waals surface area contributed by atoms with Gasteiger partial charge in [-0.05, 0) is 29.0 Å². The lowest BCUT2D eigenvalue weighted by Crippen LogP contribution is -2.52. The maximum Gasteiger partial charge on any atom is 0.321 e. The number of imide groups is 1. The number of carbonyl (C=O) groups excluding carboxylic acids is 4. The molecule has 0 aliphatic carbocycles. The first-order chi connectivity index (χ1) is 15.1. The summed E-state index contributed by atoms with van der Waals surface area (Å²) in [6.07, 6.45) is 2.31. The van der Waals surface area contributed by atoms with E-state index in [1.165, 1.54) is 16.2 Å². The molecule has 0 saturated carbocycles. The van der Waals surface area contributed by atoms with E-state index < -0.39 is 11.9 Å². The molecule has 2 aliphatic heterocycles. The lowest BCUT2D eigenvalue weighted by Gasteiger charge is -2.29. The Labute approximate surface area is 189 Å². The number of hydrogen-bond acceptors (Lipinski definition) is 6. The maximum absolute atomic E-state index is 12.9. The van der Waals surface area contributed by atoms with Gasteiger partial charge in [0.1, 0.15) is 6.04 Å². The Bertz CT molecular complexity index is 1100. The van der Waals surface area contributed by atoms with Gasteiger partial charge in [0.15, 0.2) is 5.13 Å². The fourth-order valence-corrected chi connectivity index (χ4v) is 4.58. The van der Waals surface area contributed by atoms with Crippen molar-refractivity contribution >= 4 is 40.2 Å². The normalized spacial score (nSPS) is 18.4. The topological polar surface area (TPSA) is 120 Å². The molecule has 4 rings (SSSR count). The van der Waals surface area contributed by atoms with Crippen molar-refractivity contribution in [3.05, 3.63) is 46.0 Å². The van der Waals surface area contributed by atoms with E-state index in [0.29, 0.717) is 23.7 Å². The Morgan fingerprint density at radius 3 is 2.75 bits per heavy atom. The number of amides is 5. The Hall–Kier alpha value is -3.27. The van der Waals surface area contributed by atoms with Crippen LogP contribution in [0, 0.1) is 0 Å². The fourth-order valence-electron chi connectivity index (χ4n) is 3.71. The molecular formula is C22H25N5O4S. The summed E-state index contributed by atoms with van der Waals surface area (Å²) in [6, 6.07) is 4.41. The highest BCUT2D eigenvalue weighted by Crippen LogP contribution is 2.30. The van der Waals surface area contributed by atoms with Crippen molar-refractivity contribution in [2.75, 3.05) is 5.32 Å². The van der Waals surface area contributed by atoms with Crippen molar-refractivity contribution in [2.24, 2.45) is 0 Å². The van der Waals surface area contributed by atoms with Crippen LogP contribution in [-0.4, -0.2) is 39.7 Å². The molecule has 1 atom stereocenters. The Kier molecular flexibility index (Phi) is 5.72. The number of carbonyl (C=O) groups is 4. The summed E-state index contributed by atoms with van der Waals surface area (Å²) in [5.74, 6) is -0.981. The van der Waals surface area contributed by atoms with Crippen LogP contribution in [0.5, 0.6) is 0 Å². The van der Waals surface area contributed by atoms with Crippen molar-refractivity contribution in [2.45, 2.75) is 58.2 Å². The monoisotopic (exact) mass is 455 g/mol. The standard InChI is InChI=1S/C22H25N5O4S/c1-22(2,3)16-10-24-21(32-16)26-20(31)23-9-12-4-5-13-11-27(19(30)14(13)8-12)15-6-7-17(28)25-18(15)29/h4-5,8,10,15H,6-7,9,11H2,1-3H3,(H,25,28,29)(H2,23,24,26,31). The van der Waals surface area contributed by atoms with E-state index in [0.717, 1.165) is 16.0 Å². The second kappa shape index (κ2) is 8.34. The molecule has 9 nitrogen and oxygen atoms in total. The number of nitrogens with zero attached hydrogens (tertiary/aromatic N) is 2. The average Bonchev–Trinajstić information content (AvgIpc) is 3.31. The number of benzene rings is 1. The van der Waals surface area contributed by atoms with Crippen LogP contribution >= 0.6 is 11.3 Å². The summed E-state index contributed by atoms with van der Waals surface area (Å²) in [5, 5.41) is 8.33. The van der Waals surface area contributed by atoms with Gasteiger partial charge in [-0.2, -0.15) is 0 Å². The summed E-state index contributed by atoms with van der Waals surface area (Å²) in [4.78, 5) is 55.5. The van der Waals surface area contributed by atoms with E-state index >= 15 is 0 Å². The highest BCUT2D eigenvalue weighted by molar-refractivity contribution is 7.15. The van der Waals surface area contributed by atoms with E-state index in [-0.39, 0.29) is 36.2 Å². The van der Waals surface area contributed by atoms with Crippen LogP contribution in [-0.2, 0) is 28.1 Å². The molecular weight excluding hydrogens is 430 g/mol. The number of nitrogens with one attached hydrogen (secondary N) is 3. The van der Waals surface area contributed by atoms with Gasteiger partial charge in [0.25, 0.3) is 5.91 Å². The molecule has 3 heterocycles. The lowest BCUT2D eigenvalue weighted by molar-refractivity contribution is -0.136. The molecule has 2 aromatic rings. The predicted octanol–water partition coefficient (Wildman–Crippen LogP) is 2.52. The third kappa shape index (κ3) is 4.50. The van der Waals surface area contributed by atoms with Crippen molar-refractivity contribution in [3.63, 3.8) is 0 Å². The van der Waals surface area contributed by atoms with Crippen LogP contribution in [0.3, 0.4) is 0 Å². The second-order valence-electron chi connectivity index (χ2n) is 8.98. The van der Waals surface area contributed by atoms with Crippen molar-refractivity contribution < 1.29 is 19.2 Å². The third-order valence-corrected chi connectivity index (χ3v) is 6.85. The van der Waals surface area contributed by atoms with Gasteiger partial charge in [0.05, 0.1) is 0 Å². The molecule has 168 valence electrons. The minimum absolute atomic E-state index is 0.0350. The van der Waals surface area contributed by atoms with Gasteiger partial charge in [0.2, 0.25) is 11.8 Å². The van der Waals surface area contributed by atoms with Gasteiger partial charge in [-0.15, -0.1) is 11.3 Å². The summed E-state index contributed by atoms with van der Waals surface area (Å²) >= 11 is 1.43. The number of anilines is 1. The number of thiazole rings is 1. The van der Waals surface area contributed by atoms with Gasteiger partial charge >= 0.3 is 6.03 Å². The largest absolute Gasteiger partial charge is 0.334 e. The molecule has 2 aliphatic rings. The van der Waals surface area contributed by atoms with Gasteiger partial charge in [0, 0.05) is 36.1 Å². The fraction of sp³-hybridized carbons (Fsp3) is 0.409. The number of fused-ring (bicyclic) bond motifs is 1. The van der Waals surface area contributed by atoms with Gasteiger partial charge in [-0.25, -0.2) is 9.78 Å². The van der Waals surface area contributed by atoms with Crippen LogP contribution in [0.15, 0.2) is 24.4 Å². The molecule has 1 aromatic heterocycles. The minimum atomic E-state index is -0.642. The first kappa shape index (κ1) is 21.9. The predicted molar refractivity (Wildman–Crippen MR) is 119 cm³/mol. The lowest BCUT2D eigenvalue weighted by atomic mass is 9.96. The quantitative estimate of drug-likeness (QED) is 0.612. The second-order valence-corrected chi connectivity index (χ2v) is 10.0. The molecule has 3 N–H and O–H groups in total. The number of aromatic nitrogens is 1. The first-order valence-corrected chi connectivity index (χ1v) is 11.2. The van der Waals surface area contributed by atoms with Crippen LogP contribution in [0.4, 0.5) is 9.93 Å². The van der Waals surface area contributed by atoms with E-state index in [2.05, 4.69) is 41.7 Å². The smallest absolute Gasteiger partial charge is 0.321 e. The van der Waals surface area contributed by atoms with Crippen LogP contribution < -0.4 is 16.0 Å². The van der Waals surface area contributed by atoms with Crippen molar-refractivity contribution in [1.29, 1.82) is 0 Å². The molecule has 1 saturated heterocycles. The Balaban J connectivity index is 1.36. The van der Waals surface area contributed by atoms with E-state index in [1.807, 2.05) is 12.1 Å². The van der Waals surface area contributed by atoms with Crippen LogP contribution in [0.25, 0.3) is 0 Å². The Morgan fingerprint density at radius 1 is 1.28 bits per heavy atom. The summed E-state index contributed by atoms with van der Waals surface area (Å²) in [6.45, 7) is 6.82. The number of urea groups is 1. The molecule has 5 amide bonds. The molecule has 0 bridgehead atoms. The van der Waals surface area contributed by atoms with Crippen molar-refractivity contribution in [1.82, 2.24) is 20.5 Å². The van der Waals surface area contributed by atoms with Crippen LogP contribution in [0.2, 0.25) is 0 Å². The third-order valence-electron chi connectivity index (χ3n) is 5.51. The number of rotatable bonds is 4. The number of piperidine rings is 1. The van der Waals surface area contributed by atoms with E-state index in [4.69, 9.17) is 0 Å². The molecule has 0 radical (unpaired) electrons. The molecule has 10 heteroatoms. The molecule has 0 spiro atoms. The Morgan fingerprint density at radius 2 is 2.06 bits per heavy atom. The van der Waals surface area contributed by atoms with Crippen molar-refractivity contribution in [3.8, 4) is 0 Å². The molecule has 1 unspecified atom stereocenters. The highest BCUT2D eigenvalue weighted by Gasteiger charge is 2.39. The minimum Gasteiger partial charge on any atom is -0.334 e. The average molecular weight is 456 g/mol. The van der Waals surface area contributed by atoms with Gasteiger partial charge in [-0.3, -0.25) is 25.0 Å². The zero-order valence-electron chi connectivity index (χ0n) is 18.2. The summed E-state index contributed by atoms with van der Waals surface area (Å²) in [5.41, 5.74) is 2.08. The maximum atomic E-state index is 12.9. The van der Waals surface area contributed by atoms with E-state index in [1.54, 1.807) is 12.3 Å². The molecule has 1 aromatic carbocycles. The molecule has 1 fully saturated rings.